The first-order chi connectivity index (χ1) is 16.7. The first kappa shape index (κ1) is 25.4. The fourth-order valence-electron chi connectivity index (χ4n) is 4.41. The number of ether oxygens (including phenoxy) is 1. The third kappa shape index (κ3) is 5.13. The molecule has 0 saturated carbocycles. The van der Waals surface area contributed by atoms with Crippen molar-refractivity contribution in [2.45, 2.75) is 40.5 Å². The van der Waals surface area contributed by atoms with Crippen LogP contribution in [0.1, 0.15) is 44.7 Å². The van der Waals surface area contributed by atoms with Crippen LogP contribution >= 0.6 is 24.0 Å². The molecule has 4 rings (SSSR count). The summed E-state index contributed by atoms with van der Waals surface area (Å²) in [4.78, 5) is 47.9. The largest absolute Gasteiger partial charge is 0.466 e. The molecule has 0 aliphatic carbocycles. The number of rotatable bonds is 6. The molecule has 2 fully saturated rings. The van der Waals surface area contributed by atoms with E-state index in [4.69, 9.17) is 21.9 Å². The van der Waals surface area contributed by atoms with E-state index in [1.807, 2.05) is 37.8 Å². The van der Waals surface area contributed by atoms with Crippen molar-refractivity contribution in [2.24, 2.45) is 11.8 Å². The molecule has 35 heavy (non-hydrogen) atoms. The lowest BCUT2D eigenvalue weighted by atomic mass is 9.96. The number of aryl methyl sites for hydroxylation is 1. The first-order valence-electron chi connectivity index (χ1n) is 11.9. The van der Waals surface area contributed by atoms with Gasteiger partial charge in [0.25, 0.3) is 11.5 Å². The minimum absolute atomic E-state index is 0.162. The molecule has 186 valence electrons. The topological polar surface area (TPSA) is 84.2 Å². The van der Waals surface area contributed by atoms with Gasteiger partial charge in [0.05, 0.1) is 23.0 Å². The van der Waals surface area contributed by atoms with E-state index in [9.17, 15) is 14.4 Å². The van der Waals surface area contributed by atoms with E-state index in [-0.39, 0.29) is 29.3 Å². The lowest BCUT2D eigenvalue weighted by molar-refractivity contribution is -0.148. The number of hydrogen-bond donors (Lipinski definition) is 0. The van der Waals surface area contributed by atoms with Crippen LogP contribution < -0.4 is 10.5 Å². The van der Waals surface area contributed by atoms with Crippen LogP contribution in [0.5, 0.6) is 0 Å². The van der Waals surface area contributed by atoms with E-state index in [0.717, 1.165) is 5.56 Å². The number of thiocarbonyl (C=S) groups is 1. The van der Waals surface area contributed by atoms with Gasteiger partial charge in [0.1, 0.15) is 15.8 Å². The summed E-state index contributed by atoms with van der Waals surface area (Å²) in [6.45, 7) is 9.79. The molecule has 10 heteroatoms. The molecule has 0 spiro atoms. The molecule has 2 aromatic heterocycles. The van der Waals surface area contributed by atoms with E-state index in [2.05, 4.69) is 0 Å². The van der Waals surface area contributed by atoms with Crippen molar-refractivity contribution in [1.29, 1.82) is 0 Å². The second-order valence-corrected chi connectivity index (χ2v) is 10.9. The Labute approximate surface area is 214 Å². The van der Waals surface area contributed by atoms with Gasteiger partial charge in [0, 0.05) is 25.8 Å². The molecule has 1 amide bonds. The monoisotopic (exact) mass is 514 g/mol. The number of piperidine rings is 1. The predicted octanol–water partition coefficient (Wildman–Crippen LogP) is 3.64. The van der Waals surface area contributed by atoms with Gasteiger partial charge in [-0.2, -0.15) is 0 Å². The average molecular weight is 515 g/mol. The lowest BCUT2D eigenvalue weighted by Crippen LogP contribution is -2.39. The minimum atomic E-state index is -0.240. The number of pyridine rings is 1. The second-order valence-electron chi connectivity index (χ2n) is 9.24. The number of thioether (sulfide) groups is 1. The van der Waals surface area contributed by atoms with E-state index in [0.29, 0.717) is 65.3 Å². The maximum Gasteiger partial charge on any atom is 0.309 e. The molecular weight excluding hydrogens is 484 g/mol. The molecule has 0 unspecified atom stereocenters. The number of amides is 1. The number of carbonyl (C=O) groups excluding carboxylic acids is 2. The predicted molar refractivity (Wildman–Crippen MR) is 142 cm³/mol. The van der Waals surface area contributed by atoms with E-state index in [1.165, 1.54) is 16.2 Å². The van der Waals surface area contributed by atoms with E-state index < -0.39 is 0 Å². The summed E-state index contributed by atoms with van der Waals surface area (Å²) in [5.74, 6) is 0.271. The quantitative estimate of drug-likeness (QED) is 0.328. The molecule has 0 aromatic carbocycles. The standard InChI is InChI=1S/C25H30N4O4S2/c1-5-33-24(32)17-8-11-27(12-9-17)21-18(22(30)28-10-6-7-16(4)20(28)26-21)13-19-23(31)29(14-15(2)3)25(34)35-19/h6-7,10,13,15,17H,5,8-9,11-12,14H2,1-4H3. The third-order valence-corrected chi connectivity index (χ3v) is 7.55. The zero-order valence-corrected chi connectivity index (χ0v) is 22.1. The molecule has 2 aliphatic rings. The van der Waals surface area contributed by atoms with Gasteiger partial charge >= 0.3 is 5.97 Å². The van der Waals surface area contributed by atoms with Crippen LogP contribution in [0.25, 0.3) is 11.7 Å². The maximum absolute atomic E-state index is 13.6. The van der Waals surface area contributed by atoms with Gasteiger partial charge in [-0.25, -0.2) is 4.98 Å². The molecule has 4 heterocycles. The van der Waals surface area contributed by atoms with E-state index >= 15 is 0 Å². The van der Waals surface area contributed by atoms with Crippen LogP contribution in [0.3, 0.4) is 0 Å². The summed E-state index contributed by atoms with van der Waals surface area (Å²) < 4.78 is 7.21. The Balaban J connectivity index is 1.75. The molecule has 2 saturated heterocycles. The zero-order chi connectivity index (χ0) is 25.3. The van der Waals surface area contributed by atoms with Crippen molar-refractivity contribution in [3.8, 4) is 0 Å². The molecule has 0 atom stereocenters. The number of carbonyl (C=O) groups is 2. The van der Waals surface area contributed by atoms with Crippen LogP contribution in [0.2, 0.25) is 0 Å². The normalized spacial score (nSPS) is 18.4. The summed E-state index contributed by atoms with van der Waals surface area (Å²) in [6.07, 6.45) is 4.56. The molecule has 8 nitrogen and oxygen atoms in total. The van der Waals surface area contributed by atoms with Gasteiger partial charge in [-0.05, 0) is 50.3 Å². The van der Waals surface area contributed by atoms with Gasteiger partial charge < -0.3 is 9.64 Å². The number of esters is 1. The molecule has 0 bridgehead atoms. The van der Waals surface area contributed by atoms with Gasteiger partial charge in [0.2, 0.25) is 0 Å². The summed E-state index contributed by atoms with van der Waals surface area (Å²) >= 11 is 6.66. The highest BCUT2D eigenvalue weighted by Gasteiger charge is 2.34. The highest BCUT2D eigenvalue weighted by Crippen LogP contribution is 2.34. The number of anilines is 1. The van der Waals surface area contributed by atoms with Crippen LogP contribution in [0, 0.1) is 18.8 Å². The average Bonchev–Trinajstić information content (AvgIpc) is 3.08. The smallest absolute Gasteiger partial charge is 0.309 e. The molecule has 0 N–H and O–H groups in total. The Morgan fingerprint density at radius 3 is 2.69 bits per heavy atom. The molecule has 2 aliphatic heterocycles. The minimum Gasteiger partial charge on any atom is -0.466 e. The van der Waals surface area contributed by atoms with Gasteiger partial charge in [0.15, 0.2) is 0 Å². The van der Waals surface area contributed by atoms with Gasteiger partial charge in [-0.15, -0.1) is 0 Å². The SMILES string of the molecule is CCOC(=O)C1CCN(c2nc3c(C)cccn3c(=O)c2C=C2SC(=S)N(CC(C)C)C2=O)CC1. The Bertz CT molecular complexity index is 1260. The molecular formula is C25H30N4O4S2. The van der Waals surface area contributed by atoms with Crippen molar-refractivity contribution >= 4 is 57.7 Å². The Morgan fingerprint density at radius 1 is 1.31 bits per heavy atom. The number of fused-ring (bicyclic) bond motifs is 1. The summed E-state index contributed by atoms with van der Waals surface area (Å²) in [5.41, 5.74) is 1.56. The third-order valence-electron chi connectivity index (χ3n) is 6.18. The number of nitrogens with zero attached hydrogens (tertiary/aromatic N) is 4. The molecule has 0 radical (unpaired) electrons. The van der Waals surface area contributed by atoms with E-state index in [1.54, 1.807) is 24.1 Å². The van der Waals surface area contributed by atoms with Crippen LogP contribution in [0.4, 0.5) is 5.82 Å². The maximum atomic E-state index is 13.6. The van der Waals surface area contributed by atoms with Crippen LogP contribution in [0.15, 0.2) is 28.0 Å². The fraction of sp³-hybridized carbons (Fsp3) is 0.480. The van der Waals surface area contributed by atoms with Crippen molar-refractivity contribution in [3.05, 3.63) is 44.7 Å². The van der Waals surface area contributed by atoms with Crippen molar-refractivity contribution < 1.29 is 14.3 Å². The second kappa shape index (κ2) is 10.5. The Kier molecular flexibility index (Phi) is 7.61. The van der Waals surface area contributed by atoms with Crippen molar-refractivity contribution in [3.63, 3.8) is 0 Å². The van der Waals surface area contributed by atoms with Gasteiger partial charge in [-0.1, -0.05) is 43.9 Å². The lowest BCUT2D eigenvalue weighted by Gasteiger charge is -2.32. The highest BCUT2D eigenvalue weighted by atomic mass is 32.2. The van der Waals surface area contributed by atoms with Crippen molar-refractivity contribution in [2.75, 3.05) is 31.1 Å². The van der Waals surface area contributed by atoms with Crippen LogP contribution in [-0.2, 0) is 14.3 Å². The number of hydrogen-bond acceptors (Lipinski definition) is 8. The summed E-state index contributed by atoms with van der Waals surface area (Å²) in [7, 11) is 0. The van der Waals surface area contributed by atoms with Crippen molar-refractivity contribution in [1.82, 2.24) is 14.3 Å². The summed E-state index contributed by atoms with van der Waals surface area (Å²) in [5, 5.41) is 0. The molecule has 2 aromatic rings. The Morgan fingerprint density at radius 2 is 2.03 bits per heavy atom. The van der Waals surface area contributed by atoms with Gasteiger partial charge in [-0.3, -0.25) is 23.7 Å². The summed E-state index contributed by atoms with van der Waals surface area (Å²) in [6, 6.07) is 3.72. The zero-order valence-electron chi connectivity index (χ0n) is 20.4. The fourth-order valence-corrected chi connectivity index (χ4v) is 5.67. The number of aromatic nitrogens is 2. The highest BCUT2D eigenvalue weighted by molar-refractivity contribution is 8.26. The Hall–Kier alpha value is -2.72. The first-order valence-corrected chi connectivity index (χ1v) is 13.1. The van der Waals surface area contributed by atoms with Crippen LogP contribution in [-0.4, -0.2) is 56.7 Å².